The third-order valence-corrected chi connectivity index (χ3v) is 4.18. The SMILES string of the molecule is CC(NC(=O)c1coc(COc2ccc3c(c2)OCO3)n1)C1CC1. The van der Waals surface area contributed by atoms with Crippen LogP contribution in [0.2, 0.25) is 0 Å². The number of nitrogens with one attached hydrogen (secondary N) is 1. The molecule has 1 aromatic heterocycles. The van der Waals surface area contributed by atoms with Crippen molar-refractivity contribution in [1.82, 2.24) is 10.3 Å². The number of amides is 1. The van der Waals surface area contributed by atoms with Gasteiger partial charge in [-0.1, -0.05) is 0 Å². The van der Waals surface area contributed by atoms with Crippen molar-refractivity contribution < 1.29 is 23.4 Å². The Morgan fingerprint density at radius 1 is 1.38 bits per heavy atom. The molecule has 1 aliphatic carbocycles. The molecule has 7 nitrogen and oxygen atoms in total. The molecule has 1 atom stereocenters. The minimum atomic E-state index is -0.215. The summed E-state index contributed by atoms with van der Waals surface area (Å²) in [4.78, 5) is 16.3. The van der Waals surface area contributed by atoms with Crippen LogP contribution in [0.15, 0.2) is 28.9 Å². The molecule has 0 spiro atoms. The number of benzene rings is 1. The number of hydrogen-bond acceptors (Lipinski definition) is 6. The molecule has 2 heterocycles. The molecule has 1 N–H and O–H groups in total. The highest BCUT2D eigenvalue weighted by molar-refractivity contribution is 5.92. The van der Waals surface area contributed by atoms with Gasteiger partial charge in [0, 0.05) is 12.1 Å². The standard InChI is InChI=1S/C17H18N2O5/c1-10(11-2-3-11)18-17(20)13-7-22-16(19-13)8-21-12-4-5-14-15(6-12)24-9-23-14/h4-7,10-11H,2-3,8-9H2,1H3,(H,18,20). The van der Waals surface area contributed by atoms with Crippen LogP contribution in [0.5, 0.6) is 17.2 Å². The van der Waals surface area contributed by atoms with Crippen molar-refractivity contribution in [2.24, 2.45) is 5.92 Å². The van der Waals surface area contributed by atoms with Crippen LogP contribution >= 0.6 is 0 Å². The first kappa shape index (κ1) is 14.9. The van der Waals surface area contributed by atoms with Gasteiger partial charge in [0.15, 0.2) is 23.8 Å². The first-order valence-electron chi connectivity index (χ1n) is 7.97. The van der Waals surface area contributed by atoms with E-state index < -0.39 is 0 Å². The summed E-state index contributed by atoms with van der Waals surface area (Å²) in [5, 5.41) is 2.94. The Morgan fingerprint density at radius 3 is 3.04 bits per heavy atom. The topological polar surface area (TPSA) is 82.8 Å². The van der Waals surface area contributed by atoms with Crippen molar-refractivity contribution in [1.29, 1.82) is 0 Å². The fourth-order valence-electron chi connectivity index (χ4n) is 2.59. The predicted molar refractivity (Wildman–Crippen MR) is 83.1 cm³/mol. The summed E-state index contributed by atoms with van der Waals surface area (Å²) in [6.45, 7) is 2.36. The molecule has 1 aromatic carbocycles. The summed E-state index contributed by atoms with van der Waals surface area (Å²) in [6, 6.07) is 5.48. The number of ether oxygens (including phenoxy) is 3. The lowest BCUT2D eigenvalue weighted by Gasteiger charge is -2.10. The van der Waals surface area contributed by atoms with E-state index in [1.807, 2.05) is 6.92 Å². The lowest BCUT2D eigenvalue weighted by atomic mass is 10.2. The molecule has 1 unspecified atom stereocenters. The van der Waals surface area contributed by atoms with E-state index in [2.05, 4.69) is 10.3 Å². The first-order valence-corrected chi connectivity index (χ1v) is 7.97. The molecule has 0 bridgehead atoms. The summed E-state index contributed by atoms with van der Waals surface area (Å²) >= 11 is 0. The third kappa shape index (κ3) is 3.15. The van der Waals surface area contributed by atoms with E-state index in [-0.39, 0.29) is 31.0 Å². The second kappa shape index (κ2) is 6.07. The normalized spacial score (nSPS) is 16.7. The van der Waals surface area contributed by atoms with Crippen LogP contribution in [0.1, 0.15) is 36.1 Å². The molecule has 2 aromatic rings. The van der Waals surface area contributed by atoms with Crippen LogP contribution in [0.25, 0.3) is 0 Å². The van der Waals surface area contributed by atoms with Gasteiger partial charge < -0.3 is 23.9 Å². The van der Waals surface area contributed by atoms with Gasteiger partial charge in [-0.25, -0.2) is 4.98 Å². The average molecular weight is 330 g/mol. The summed E-state index contributed by atoms with van der Waals surface area (Å²) in [5.41, 5.74) is 0.270. The van der Waals surface area contributed by atoms with Gasteiger partial charge >= 0.3 is 0 Å². The van der Waals surface area contributed by atoms with Crippen molar-refractivity contribution in [3.8, 4) is 17.2 Å². The Labute approximate surface area is 138 Å². The van der Waals surface area contributed by atoms with Crippen molar-refractivity contribution >= 4 is 5.91 Å². The highest BCUT2D eigenvalue weighted by Crippen LogP contribution is 2.35. The molecular formula is C17H18N2O5. The van der Waals surface area contributed by atoms with Gasteiger partial charge in [-0.05, 0) is 37.8 Å². The van der Waals surface area contributed by atoms with E-state index in [1.54, 1.807) is 18.2 Å². The van der Waals surface area contributed by atoms with Gasteiger partial charge in [-0.15, -0.1) is 0 Å². The molecule has 7 heteroatoms. The second-order valence-electron chi connectivity index (χ2n) is 6.03. The van der Waals surface area contributed by atoms with Gasteiger partial charge in [0.1, 0.15) is 12.0 Å². The number of carbonyl (C=O) groups excluding carboxylic acids is 1. The van der Waals surface area contributed by atoms with Crippen LogP contribution in [0, 0.1) is 5.92 Å². The Balaban J connectivity index is 1.34. The van der Waals surface area contributed by atoms with E-state index in [0.29, 0.717) is 29.1 Å². The number of carbonyl (C=O) groups is 1. The fraction of sp³-hybridized carbons (Fsp3) is 0.412. The average Bonchev–Trinajstić information content (AvgIpc) is 3.15. The molecule has 2 aliphatic rings. The molecule has 4 rings (SSSR count). The van der Waals surface area contributed by atoms with E-state index in [0.717, 1.165) is 0 Å². The quantitative estimate of drug-likeness (QED) is 0.876. The number of nitrogens with zero attached hydrogens (tertiary/aromatic N) is 1. The number of aromatic nitrogens is 1. The molecule has 126 valence electrons. The molecule has 1 saturated carbocycles. The zero-order chi connectivity index (χ0) is 16.5. The molecule has 1 fully saturated rings. The first-order chi connectivity index (χ1) is 11.7. The van der Waals surface area contributed by atoms with Crippen molar-refractivity contribution in [3.63, 3.8) is 0 Å². The Morgan fingerprint density at radius 2 is 2.21 bits per heavy atom. The van der Waals surface area contributed by atoms with E-state index >= 15 is 0 Å². The fourth-order valence-corrected chi connectivity index (χ4v) is 2.59. The molecule has 24 heavy (non-hydrogen) atoms. The number of rotatable bonds is 6. The number of hydrogen-bond donors (Lipinski definition) is 1. The monoisotopic (exact) mass is 330 g/mol. The van der Waals surface area contributed by atoms with Gasteiger partial charge in [0.05, 0.1) is 0 Å². The highest BCUT2D eigenvalue weighted by Gasteiger charge is 2.29. The largest absolute Gasteiger partial charge is 0.484 e. The molecule has 1 amide bonds. The van der Waals surface area contributed by atoms with E-state index in [1.165, 1.54) is 19.1 Å². The highest BCUT2D eigenvalue weighted by atomic mass is 16.7. The molecule has 1 aliphatic heterocycles. The Bertz CT molecular complexity index is 753. The molecule has 0 saturated heterocycles. The molecular weight excluding hydrogens is 312 g/mol. The maximum absolute atomic E-state index is 12.1. The predicted octanol–water partition coefficient (Wildman–Crippen LogP) is 2.51. The smallest absolute Gasteiger partial charge is 0.273 e. The third-order valence-electron chi connectivity index (χ3n) is 4.18. The number of fused-ring (bicyclic) bond motifs is 1. The van der Waals surface area contributed by atoms with Crippen LogP contribution < -0.4 is 19.5 Å². The minimum absolute atomic E-state index is 0.130. The van der Waals surface area contributed by atoms with Crippen LogP contribution in [-0.4, -0.2) is 23.7 Å². The number of oxazole rings is 1. The Kier molecular flexibility index (Phi) is 3.76. The summed E-state index contributed by atoms with van der Waals surface area (Å²) in [6.07, 6.45) is 3.71. The van der Waals surface area contributed by atoms with Gasteiger partial charge in [0.2, 0.25) is 12.7 Å². The zero-order valence-corrected chi connectivity index (χ0v) is 13.3. The summed E-state index contributed by atoms with van der Waals surface area (Å²) < 4.78 is 21.5. The van der Waals surface area contributed by atoms with Crippen LogP contribution in [0.4, 0.5) is 0 Å². The van der Waals surface area contributed by atoms with Crippen molar-refractivity contribution in [2.45, 2.75) is 32.4 Å². The maximum Gasteiger partial charge on any atom is 0.273 e. The van der Waals surface area contributed by atoms with E-state index in [9.17, 15) is 4.79 Å². The molecule has 0 radical (unpaired) electrons. The van der Waals surface area contributed by atoms with Crippen LogP contribution in [0.3, 0.4) is 0 Å². The van der Waals surface area contributed by atoms with Gasteiger partial charge in [-0.3, -0.25) is 4.79 Å². The van der Waals surface area contributed by atoms with Crippen molar-refractivity contribution in [3.05, 3.63) is 36.0 Å². The zero-order valence-electron chi connectivity index (χ0n) is 13.3. The second-order valence-corrected chi connectivity index (χ2v) is 6.03. The van der Waals surface area contributed by atoms with Gasteiger partial charge in [0.25, 0.3) is 5.91 Å². The minimum Gasteiger partial charge on any atom is -0.484 e. The lowest BCUT2D eigenvalue weighted by molar-refractivity contribution is 0.0930. The Hall–Kier alpha value is -2.70. The lowest BCUT2D eigenvalue weighted by Crippen LogP contribution is -2.34. The van der Waals surface area contributed by atoms with E-state index in [4.69, 9.17) is 18.6 Å². The van der Waals surface area contributed by atoms with Crippen molar-refractivity contribution in [2.75, 3.05) is 6.79 Å². The maximum atomic E-state index is 12.1. The van der Waals surface area contributed by atoms with Gasteiger partial charge in [-0.2, -0.15) is 0 Å². The summed E-state index contributed by atoms with van der Waals surface area (Å²) in [5.74, 6) is 2.68. The summed E-state index contributed by atoms with van der Waals surface area (Å²) in [7, 11) is 0. The van der Waals surface area contributed by atoms with Crippen LogP contribution in [-0.2, 0) is 6.61 Å².